The van der Waals surface area contributed by atoms with Crippen LogP contribution in [0.1, 0.15) is 18.5 Å². The van der Waals surface area contributed by atoms with Gasteiger partial charge in [0.15, 0.2) is 11.1 Å². The lowest BCUT2D eigenvalue weighted by molar-refractivity contribution is 0.367. The Morgan fingerprint density at radius 3 is 2.55 bits per heavy atom. The Kier molecular flexibility index (Phi) is 9.06. The predicted octanol–water partition coefficient (Wildman–Crippen LogP) is 3.31. The standard InChI is InChI=1S/C22H32N6OS.HI/c1-23-21(24-10-9-18-17-30-22(25-18)28-11-5-6-12-28)27-15-13-26(14-16-27)19-7-3-4-8-20(19)29-2;/h3-4,7-8,17H,5-6,9-16H2,1-2H3,(H,23,24);1H. The van der Waals surface area contributed by atoms with Gasteiger partial charge in [0.2, 0.25) is 0 Å². The molecular formula is C22H33IN6OS. The number of halogens is 1. The lowest BCUT2D eigenvalue weighted by Crippen LogP contribution is -2.52. The zero-order chi connectivity index (χ0) is 20.8. The smallest absolute Gasteiger partial charge is 0.193 e. The minimum atomic E-state index is 0. The molecule has 1 N–H and O–H groups in total. The topological polar surface area (TPSA) is 56.2 Å². The van der Waals surface area contributed by atoms with Crippen molar-refractivity contribution < 1.29 is 4.74 Å². The molecule has 170 valence electrons. The van der Waals surface area contributed by atoms with E-state index in [1.54, 1.807) is 18.4 Å². The van der Waals surface area contributed by atoms with Gasteiger partial charge < -0.3 is 24.8 Å². The Hall–Kier alpha value is -1.75. The van der Waals surface area contributed by atoms with Crippen LogP contribution in [0.25, 0.3) is 0 Å². The Bertz CT molecular complexity index is 846. The van der Waals surface area contributed by atoms with Crippen LogP contribution in [-0.2, 0) is 6.42 Å². The molecule has 0 bridgehead atoms. The van der Waals surface area contributed by atoms with E-state index in [-0.39, 0.29) is 24.0 Å². The molecule has 0 amide bonds. The van der Waals surface area contributed by atoms with E-state index < -0.39 is 0 Å². The number of nitrogens with one attached hydrogen (secondary N) is 1. The molecule has 2 aliphatic heterocycles. The van der Waals surface area contributed by atoms with E-state index in [0.29, 0.717) is 0 Å². The Balaban J connectivity index is 0.00000272. The Morgan fingerprint density at radius 2 is 1.84 bits per heavy atom. The first kappa shape index (κ1) is 23.9. The summed E-state index contributed by atoms with van der Waals surface area (Å²) in [6, 6.07) is 8.24. The molecule has 2 aromatic rings. The quantitative estimate of drug-likeness (QED) is 0.335. The number of hydrogen-bond acceptors (Lipinski definition) is 6. The Labute approximate surface area is 206 Å². The van der Waals surface area contributed by atoms with E-state index in [1.165, 1.54) is 29.4 Å². The van der Waals surface area contributed by atoms with Crippen molar-refractivity contribution >= 4 is 52.1 Å². The number of guanidine groups is 1. The van der Waals surface area contributed by atoms with Crippen LogP contribution in [0.5, 0.6) is 5.75 Å². The third-order valence-electron chi connectivity index (χ3n) is 5.80. The van der Waals surface area contributed by atoms with Gasteiger partial charge in [0.1, 0.15) is 5.75 Å². The highest BCUT2D eigenvalue weighted by atomic mass is 127. The van der Waals surface area contributed by atoms with Crippen molar-refractivity contribution in [3.05, 3.63) is 35.3 Å². The van der Waals surface area contributed by atoms with Crippen molar-refractivity contribution in [3.63, 3.8) is 0 Å². The normalized spacial score (nSPS) is 17.0. The van der Waals surface area contributed by atoms with E-state index in [1.807, 2.05) is 19.2 Å². The summed E-state index contributed by atoms with van der Waals surface area (Å²) in [4.78, 5) is 16.5. The number of hydrogen-bond donors (Lipinski definition) is 1. The number of rotatable bonds is 6. The maximum atomic E-state index is 5.52. The summed E-state index contributed by atoms with van der Waals surface area (Å²) in [5, 5.41) is 6.91. The van der Waals surface area contributed by atoms with Gasteiger partial charge in [-0.2, -0.15) is 0 Å². The second-order valence-corrected chi connectivity index (χ2v) is 8.52. The molecule has 0 radical (unpaired) electrons. The van der Waals surface area contributed by atoms with Crippen LogP contribution in [-0.4, -0.2) is 75.8 Å². The number of piperazine rings is 1. The first-order chi connectivity index (χ1) is 14.8. The van der Waals surface area contributed by atoms with E-state index >= 15 is 0 Å². The van der Waals surface area contributed by atoms with Crippen LogP contribution in [0.4, 0.5) is 10.8 Å². The highest BCUT2D eigenvalue weighted by molar-refractivity contribution is 14.0. The summed E-state index contributed by atoms with van der Waals surface area (Å²) in [5.74, 6) is 1.91. The number of anilines is 2. The Morgan fingerprint density at radius 1 is 1.10 bits per heavy atom. The highest BCUT2D eigenvalue weighted by Gasteiger charge is 2.21. The zero-order valence-corrected chi connectivity index (χ0v) is 21.6. The predicted molar refractivity (Wildman–Crippen MR) is 141 cm³/mol. The minimum Gasteiger partial charge on any atom is -0.495 e. The average Bonchev–Trinajstić information content (AvgIpc) is 3.49. The van der Waals surface area contributed by atoms with Gasteiger partial charge in [-0.1, -0.05) is 12.1 Å². The number of para-hydroxylation sites is 2. The summed E-state index contributed by atoms with van der Waals surface area (Å²) in [7, 11) is 3.60. The number of aliphatic imine (C=N–C) groups is 1. The molecule has 4 rings (SSSR count). The van der Waals surface area contributed by atoms with E-state index in [9.17, 15) is 0 Å². The number of ether oxygens (including phenoxy) is 1. The van der Waals surface area contributed by atoms with Crippen molar-refractivity contribution in [1.29, 1.82) is 0 Å². The minimum absolute atomic E-state index is 0. The SMILES string of the molecule is CN=C(NCCc1csc(N2CCCC2)n1)N1CCN(c2ccccc2OC)CC1.I. The van der Waals surface area contributed by atoms with Gasteiger partial charge >= 0.3 is 0 Å². The molecule has 0 saturated carbocycles. The van der Waals surface area contributed by atoms with Crippen LogP contribution in [0.2, 0.25) is 0 Å². The summed E-state index contributed by atoms with van der Waals surface area (Å²) in [6.45, 7) is 6.93. The molecule has 3 heterocycles. The van der Waals surface area contributed by atoms with Crippen LogP contribution >= 0.6 is 35.3 Å². The fourth-order valence-electron chi connectivity index (χ4n) is 4.15. The molecule has 31 heavy (non-hydrogen) atoms. The van der Waals surface area contributed by atoms with Gasteiger partial charge in [-0.25, -0.2) is 4.98 Å². The molecule has 7 nitrogen and oxygen atoms in total. The molecule has 1 aromatic heterocycles. The van der Waals surface area contributed by atoms with Gasteiger partial charge in [-0.3, -0.25) is 4.99 Å². The molecule has 0 unspecified atom stereocenters. The molecular weight excluding hydrogens is 523 g/mol. The van der Waals surface area contributed by atoms with Gasteiger partial charge in [0, 0.05) is 64.7 Å². The van der Waals surface area contributed by atoms with Crippen molar-refractivity contribution in [1.82, 2.24) is 15.2 Å². The molecule has 9 heteroatoms. The van der Waals surface area contributed by atoms with Crippen LogP contribution in [0, 0.1) is 0 Å². The van der Waals surface area contributed by atoms with Gasteiger partial charge in [0.25, 0.3) is 0 Å². The van der Waals surface area contributed by atoms with Crippen molar-refractivity contribution in [2.24, 2.45) is 4.99 Å². The number of methoxy groups -OCH3 is 1. The molecule has 1 aromatic carbocycles. The van der Waals surface area contributed by atoms with E-state index in [2.05, 4.69) is 42.5 Å². The highest BCUT2D eigenvalue weighted by Crippen LogP contribution is 2.28. The molecule has 2 saturated heterocycles. The second-order valence-electron chi connectivity index (χ2n) is 7.69. The van der Waals surface area contributed by atoms with Crippen molar-refractivity contribution in [2.75, 3.05) is 69.8 Å². The maximum Gasteiger partial charge on any atom is 0.193 e. The molecule has 0 spiro atoms. The van der Waals surface area contributed by atoms with E-state index in [0.717, 1.165) is 63.9 Å². The first-order valence-corrected chi connectivity index (χ1v) is 11.7. The summed E-state index contributed by atoms with van der Waals surface area (Å²) in [6.07, 6.45) is 3.50. The number of benzene rings is 1. The van der Waals surface area contributed by atoms with Crippen LogP contribution in [0.3, 0.4) is 0 Å². The first-order valence-electron chi connectivity index (χ1n) is 10.8. The number of nitrogens with zero attached hydrogens (tertiary/aromatic N) is 5. The lowest BCUT2D eigenvalue weighted by Gasteiger charge is -2.38. The largest absolute Gasteiger partial charge is 0.495 e. The van der Waals surface area contributed by atoms with Crippen LogP contribution < -0.4 is 19.9 Å². The molecule has 2 fully saturated rings. The monoisotopic (exact) mass is 556 g/mol. The molecule has 0 aliphatic carbocycles. The third-order valence-corrected chi connectivity index (χ3v) is 6.75. The van der Waals surface area contributed by atoms with Gasteiger partial charge in [0.05, 0.1) is 18.5 Å². The fourth-order valence-corrected chi connectivity index (χ4v) is 5.06. The maximum absolute atomic E-state index is 5.52. The third kappa shape index (κ3) is 5.94. The second kappa shape index (κ2) is 11.8. The summed E-state index contributed by atoms with van der Waals surface area (Å²) >= 11 is 1.77. The molecule has 0 atom stereocenters. The van der Waals surface area contributed by atoms with Gasteiger partial charge in [-0.05, 0) is 25.0 Å². The van der Waals surface area contributed by atoms with Gasteiger partial charge in [-0.15, -0.1) is 35.3 Å². The molecule has 2 aliphatic rings. The number of thiazole rings is 1. The summed E-state index contributed by atoms with van der Waals surface area (Å²) < 4.78 is 5.52. The van der Waals surface area contributed by atoms with Crippen molar-refractivity contribution in [3.8, 4) is 5.75 Å². The zero-order valence-electron chi connectivity index (χ0n) is 18.4. The number of aromatic nitrogens is 1. The van der Waals surface area contributed by atoms with E-state index in [4.69, 9.17) is 9.72 Å². The average molecular weight is 557 g/mol. The fraction of sp³-hybridized carbons (Fsp3) is 0.545. The van der Waals surface area contributed by atoms with Crippen molar-refractivity contribution in [2.45, 2.75) is 19.3 Å². The van der Waals surface area contributed by atoms with Crippen LogP contribution in [0.15, 0.2) is 34.6 Å². The summed E-state index contributed by atoms with van der Waals surface area (Å²) in [5.41, 5.74) is 2.34. The lowest BCUT2D eigenvalue weighted by atomic mass is 10.2.